The highest BCUT2D eigenvalue weighted by atomic mass is 16.6. The number of rotatable bonds is 6. The van der Waals surface area contributed by atoms with E-state index in [1.807, 2.05) is 27.7 Å². The van der Waals surface area contributed by atoms with E-state index in [4.69, 9.17) is 9.47 Å². The van der Waals surface area contributed by atoms with Gasteiger partial charge in [-0.2, -0.15) is 0 Å². The van der Waals surface area contributed by atoms with Crippen molar-refractivity contribution in [2.45, 2.75) is 39.7 Å². The van der Waals surface area contributed by atoms with Gasteiger partial charge in [0.25, 0.3) is 0 Å². The molecule has 1 atom stereocenters. The fourth-order valence-corrected chi connectivity index (χ4v) is 1.17. The first-order valence-corrected chi connectivity index (χ1v) is 5.79. The zero-order valence-electron chi connectivity index (χ0n) is 11.5. The Morgan fingerprint density at radius 2 is 1.88 bits per heavy atom. The summed E-state index contributed by atoms with van der Waals surface area (Å²) in [6.07, 6.45) is 0.213. The van der Waals surface area contributed by atoms with Crippen LogP contribution in [-0.2, 0) is 9.47 Å². The molecular weight excluding hydrogens is 222 g/mol. The lowest BCUT2D eigenvalue weighted by molar-refractivity contribution is 0.0441. The van der Waals surface area contributed by atoms with Crippen LogP contribution in [0.4, 0.5) is 4.79 Å². The Bertz CT molecular complexity index is 237. The molecular formula is C12H25NO4. The standard InChI is InChI=1S/C12H25NO4/c1-11(2,3)17-10(15)13-8-12(4,9-14)6-7-16-5/h14H,6-9H2,1-5H3,(H,13,15). The van der Waals surface area contributed by atoms with Crippen LogP contribution in [0.3, 0.4) is 0 Å². The van der Waals surface area contributed by atoms with Crippen molar-refractivity contribution in [2.24, 2.45) is 5.41 Å². The third-order valence-electron chi connectivity index (χ3n) is 2.35. The second kappa shape index (κ2) is 6.81. The minimum atomic E-state index is -0.508. The molecule has 0 rings (SSSR count). The van der Waals surface area contributed by atoms with Crippen molar-refractivity contribution in [3.8, 4) is 0 Å². The molecule has 17 heavy (non-hydrogen) atoms. The van der Waals surface area contributed by atoms with Crippen molar-refractivity contribution in [3.05, 3.63) is 0 Å². The molecule has 1 unspecified atom stereocenters. The van der Waals surface area contributed by atoms with Gasteiger partial charge in [-0.3, -0.25) is 0 Å². The Hall–Kier alpha value is -0.810. The third-order valence-corrected chi connectivity index (χ3v) is 2.35. The molecule has 0 saturated heterocycles. The minimum absolute atomic E-state index is 0.00778. The van der Waals surface area contributed by atoms with Crippen molar-refractivity contribution in [1.29, 1.82) is 0 Å². The summed E-state index contributed by atoms with van der Waals surface area (Å²) < 4.78 is 10.1. The number of carbonyl (C=O) groups excluding carboxylic acids is 1. The van der Waals surface area contributed by atoms with Crippen molar-refractivity contribution < 1.29 is 19.4 Å². The normalized spacial score (nSPS) is 15.2. The minimum Gasteiger partial charge on any atom is -0.444 e. The molecule has 0 fully saturated rings. The Kier molecular flexibility index (Phi) is 6.49. The number of hydrogen-bond donors (Lipinski definition) is 2. The lowest BCUT2D eigenvalue weighted by Gasteiger charge is -2.28. The number of aliphatic hydroxyl groups is 1. The van der Waals surface area contributed by atoms with Gasteiger partial charge < -0.3 is 19.9 Å². The molecule has 0 aliphatic rings. The maximum absolute atomic E-state index is 11.4. The van der Waals surface area contributed by atoms with E-state index in [9.17, 15) is 9.90 Å². The molecule has 5 heteroatoms. The van der Waals surface area contributed by atoms with E-state index in [0.717, 1.165) is 0 Å². The van der Waals surface area contributed by atoms with Crippen LogP contribution in [0, 0.1) is 5.41 Å². The second-order valence-corrected chi connectivity index (χ2v) is 5.57. The van der Waals surface area contributed by atoms with Gasteiger partial charge in [0, 0.05) is 25.7 Å². The van der Waals surface area contributed by atoms with Gasteiger partial charge in [0.05, 0.1) is 6.61 Å². The Balaban J connectivity index is 4.09. The zero-order chi connectivity index (χ0) is 13.5. The number of amides is 1. The van der Waals surface area contributed by atoms with Crippen LogP contribution in [0.5, 0.6) is 0 Å². The molecule has 0 aromatic heterocycles. The second-order valence-electron chi connectivity index (χ2n) is 5.57. The van der Waals surface area contributed by atoms with E-state index >= 15 is 0 Å². The van der Waals surface area contributed by atoms with E-state index in [-0.39, 0.29) is 12.0 Å². The highest BCUT2D eigenvalue weighted by Crippen LogP contribution is 2.19. The van der Waals surface area contributed by atoms with E-state index in [0.29, 0.717) is 19.6 Å². The number of alkyl carbamates (subject to hydrolysis) is 1. The molecule has 0 heterocycles. The summed E-state index contributed by atoms with van der Waals surface area (Å²) in [7, 11) is 1.61. The van der Waals surface area contributed by atoms with Crippen molar-refractivity contribution in [2.75, 3.05) is 26.9 Å². The van der Waals surface area contributed by atoms with Crippen molar-refractivity contribution in [1.82, 2.24) is 5.32 Å². The quantitative estimate of drug-likeness (QED) is 0.747. The SMILES string of the molecule is COCCC(C)(CO)CNC(=O)OC(C)(C)C. The molecule has 0 aromatic rings. The number of methoxy groups -OCH3 is 1. The monoisotopic (exact) mass is 247 g/mol. The largest absolute Gasteiger partial charge is 0.444 e. The average Bonchev–Trinajstić information content (AvgIpc) is 2.21. The highest BCUT2D eigenvalue weighted by molar-refractivity contribution is 5.67. The Labute approximate surface area is 103 Å². The van der Waals surface area contributed by atoms with Gasteiger partial charge in [0.1, 0.15) is 5.60 Å². The molecule has 0 radical (unpaired) electrons. The summed E-state index contributed by atoms with van der Waals surface area (Å²) in [4.78, 5) is 11.4. The first-order chi connectivity index (χ1) is 7.72. The number of carbonyl (C=O) groups is 1. The lowest BCUT2D eigenvalue weighted by Crippen LogP contribution is -2.41. The lowest BCUT2D eigenvalue weighted by atomic mass is 9.88. The Morgan fingerprint density at radius 3 is 2.29 bits per heavy atom. The number of aliphatic hydroxyl groups excluding tert-OH is 1. The summed E-state index contributed by atoms with van der Waals surface area (Å²) >= 11 is 0. The van der Waals surface area contributed by atoms with E-state index in [2.05, 4.69) is 5.32 Å². The van der Waals surface area contributed by atoms with Crippen LogP contribution in [0.2, 0.25) is 0 Å². The van der Waals surface area contributed by atoms with Gasteiger partial charge in [-0.1, -0.05) is 6.92 Å². The number of ether oxygens (including phenoxy) is 2. The number of nitrogens with one attached hydrogen (secondary N) is 1. The smallest absolute Gasteiger partial charge is 0.407 e. The molecule has 0 aromatic carbocycles. The summed E-state index contributed by atoms with van der Waals surface area (Å²) in [6.45, 7) is 8.22. The summed E-state index contributed by atoms with van der Waals surface area (Å²) in [5.41, 5.74) is -0.890. The van der Waals surface area contributed by atoms with E-state index in [1.54, 1.807) is 7.11 Å². The van der Waals surface area contributed by atoms with Crippen molar-refractivity contribution >= 4 is 6.09 Å². The third kappa shape index (κ3) is 7.99. The molecule has 0 bridgehead atoms. The van der Waals surface area contributed by atoms with Gasteiger partial charge >= 0.3 is 6.09 Å². The molecule has 5 nitrogen and oxygen atoms in total. The fourth-order valence-electron chi connectivity index (χ4n) is 1.17. The molecule has 0 aliphatic carbocycles. The maximum atomic E-state index is 11.4. The average molecular weight is 247 g/mol. The number of hydrogen-bond acceptors (Lipinski definition) is 4. The van der Waals surface area contributed by atoms with Crippen LogP contribution >= 0.6 is 0 Å². The van der Waals surface area contributed by atoms with Crippen LogP contribution < -0.4 is 5.32 Å². The van der Waals surface area contributed by atoms with E-state index in [1.165, 1.54) is 0 Å². The van der Waals surface area contributed by atoms with E-state index < -0.39 is 11.7 Å². The van der Waals surface area contributed by atoms with Gasteiger partial charge in [0.2, 0.25) is 0 Å². The zero-order valence-corrected chi connectivity index (χ0v) is 11.5. The maximum Gasteiger partial charge on any atom is 0.407 e. The molecule has 2 N–H and O–H groups in total. The topological polar surface area (TPSA) is 67.8 Å². The predicted molar refractivity (Wildman–Crippen MR) is 65.9 cm³/mol. The molecule has 0 saturated carbocycles. The molecule has 102 valence electrons. The highest BCUT2D eigenvalue weighted by Gasteiger charge is 2.25. The van der Waals surface area contributed by atoms with Crippen LogP contribution in [0.25, 0.3) is 0 Å². The van der Waals surface area contributed by atoms with Crippen LogP contribution in [0.1, 0.15) is 34.1 Å². The summed E-state index contributed by atoms with van der Waals surface area (Å²) in [5, 5.41) is 12.0. The van der Waals surface area contributed by atoms with Gasteiger partial charge in [-0.05, 0) is 27.2 Å². The van der Waals surface area contributed by atoms with Gasteiger partial charge in [-0.25, -0.2) is 4.79 Å². The Morgan fingerprint density at radius 1 is 1.29 bits per heavy atom. The van der Waals surface area contributed by atoms with Gasteiger partial charge in [-0.15, -0.1) is 0 Å². The summed E-state index contributed by atoms with van der Waals surface area (Å²) in [5.74, 6) is 0. The first-order valence-electron chi connectivity index (χ1n) is 5.79. The predicted octanol–water partition coefficient (Wildman–Crippen LogP) is 1.55. The molecule has 0 aliphatic heterocycles. The molecule has 1 amide bonds. The molecule has 0 spiro atoms. The van der Waals surface area contributed by atoms with Crippen LogP contribution in [0.15, 0.2) is 0 Å². The first kappa shape index (κ1) is 16.2. The van der Waals surface area contributed by atoms with Gasteiger partial charge in [0.15, 0.2) is 0 Å². The van der Waals surface area contributed by atoms with Crippen LogP contribution in [-0.4, -0.2) is 43.7 Å². The fraction of sp³-hybridized carbons (Fsp3) is 0.917. The summed E-state index contributed by atoms with van der Waals surface area (Å²) in [6, 6.07) is 0. The van der Waals surface area contributed by atoms with Crippen molar-refractivity contribution in [3.63, 3.8) is 0 Å².